The summed E-state index contributed by atoms with van der Waals surface area (Å²) in [5, 5.41) is 5.60. The number of hydrogen-bond acceptors (Lipinski definition) is 6. The Morgan fingerprint density at radius 3 is 2.74 bits per heavy atom. The average Bonchev–Trinajstić information content (AvgIpc) is 3.11. The number of aryl methyl sites for hydroxylation is 2. The SMILES string of the molecule is CCOC(=O)CC(NC(=O)Cc1c(C)nc2cc(=O)[nH]n2c1C)c1cccc(OC)c1. The average molecular weight is 426 g/mol. The molecule has 0 aliphatic rings. The summed E-state index contributed by atoms with van der Waals surface area (Å²) < 4.78 is 11.9. The topological polar surface area (TPSA) is 115 Å². The molecule has 0 saturated heterocycles. The molecule has 1 aromatic carbocycles. The Bertz CT molecular complexity index is 1160. The van der Waals surface area contributed by atoms with E-state index in [2.05, 4.69) is 15.4 Å². The number of methoxy groups -OCH3 is 1. The highest BCUT2D eigenvalue weighted by atomic mass is 16.5. The number of aromatic nitrogens is 3. The molecule has 31 heavy (non-hydrogen) atoms. The van der Waals surface area contributed by atoms with Crippen LogP contribution in [0.1, 0.15) is 41.9 Å². The zero-order valence-corrected chi connectivity index (χ0v) is 18.0. The van der Waals surface area contributed by atoms with Crippen LogP contribution in [0.5, 0.6) is 5.75 Å². The number of rotatable bonds is 8. The van der Waals surface area contributed by atoms with Crippen molar-refractivity contribution in [2.75, 3.05) is 13.7 Å². The number of fused-ring (bicyclic) bond motifs is 1. The second-order valence-electron chi connectivity index (χ2n) is 7.16. The first-order valence-corrected chi connectivity index (χ1v) is 9.99. The maximum absolute atomic E-state index is 12.9. The monoisotopic (exact) mass is 426 g/mol. The molecular formula is C22H26N4O5. The minimum Gasteiger partial charge on any atom is -0.497 e. The number of carbonyl (C=O) groups excluding carboxylic acids is 2. The predicted molar refractivity (Wildman–Crippen MR) is 114 cm³/mol. The number of H-pyrrole nitrogens is 1. The van der Waals surface area contributed by atoms with Crippen LogP contribution in [0.15, 0.2) is 35.1 Å². The molecule has 3 aromatic rings. The number of esters is 1. The molecule has 0 aliphatic heterocycles. The molecule has 164 valence electrons. The smallest absolute Gasteiger partial charge is 0.308 e. The number of aromatic amines is 1. The van der Waals surface area contributed by atoms with Gasteiger partial charge in [-0.05, 0) is 38.5 Å². The summed E-state index contributed by atoms with van der Waals surface area (Å²) in [7, 11) is 1.55. The fourth-order valence-electron chi connectivity index (χ4n) is 3.51. The van der Waals surface area contributed by atoms with E-state index in [-0.39, 0.29) is 30.9 Å². The molecule has 0 saturated carbocycles. The number of nitrogens with one attached hydrogen (secondary N) is 2. The molecule has 0 fully saturated rings. The number of amides is 1. The maximum atomic E-state index is 12.9. The lowest BCUT2D eigenvalue weighted by molar-refractivity contribution is -0.143. The van der Waals surface area contributed by atoms with Gasteiger partial charge in [0.15, 0.2) is 5.65 Å². The van der Waals surface area contributed by atoms with Crippen LogP contribution < -0.4 is 15.6 Å². The van der Waals surface area contributed by atoms with Crippen LogP contribution in [0.3, 0.4) is 0 Å². The fraction of sp³-hybridized carbons (Fsp3) is 0.364. The number of nitrogens with zero attached hydrogens (tertiary/aromatic N) is 2. The van der Waals surface area contributed by atoms with Gasteiger partial charge in [-0.3, -0.25) is 19.5 Å². The van der Waals surface area contributed by atoms with Gasteiger partial charge in [0.25, 0.3) is 5.56 Å². The Morgan fingerprint density at radius 1 is 1.26 bits per heavy atom. The van der Waals surface area contributed by atoms with Crippen LogP contribution in [-0.4, -0.2) is 40.2 Å². The van der Waals surface area contributed by atoms with Gasteiger partial charge in [0.1, 0.15) is 5.75 Å². The second-order valence-corrected chi connectivity index (χ2v) is 7.16. The Hall–Kier alpha value is -3.62. The summed E-state index contributed by atoms with van der Waals surface area (Å²) in [6, 6.07) is 8.01. The maximum Gasteiger partial charge on any atom is 0.308 e. The summed E-state index contributed by atoms with van der Waals surface area (Å²) in [4.78, 5) is 41.1. The van der Waals surface area contributed by atoms with E-state index in [9.17, 15) is 14.4 Å². The first-order valence-electron chi connectivity index (χ1n) is 9.99. The molecule has 9 nitrogen and oxygen atoms in total. The van der Waals surface area contributed by atoms with E-state index >= 15 is 0 Å². The lowest BCUT2D eigenvalue weighted by atomic mass is 10.0. The highest BCUT2D eigenvalue weighted by Crippen LogP contribution is 2.23. The predicted octanol–water partition coefficient (Wildman–Crippen LogP) is 2.00. The van der Waals surface area contributed by atoms with Gasteiger partial charge < -0.3 is 14.8 Å². The van der Waals surface area contributed by atoms with Crippen molar-refractivity contribution in [1.82, 2.24) is 19.9 Å². The Balaban J connectivity index is 1.85. The molecule has 1 amide bonds. The molecule has 1 unspecified atom stereocenters. The van der Waals surface area contributed by atoms with Crippen molar-refractivity contribution in [3.8, 4) is 5.75 Å². The van der Waals surface area contributed by atoms with E-state index in [0.717, 1.165) is 11.3 Å². The summed E-state index contributed by atoms with van der Waals surface area (Å²) in [6.45, 7) is 5.61. The van der Waals surface area contributed by atoms with Crippen LogP contribution >= 0.6 is 0 Å². The van der Waals surface area contributed by atoms with Gasteiger partial charge >= 0.3 is 5.97 Å². The largest absolute Gasteiger partial charge is 0.497 e. The minimum atomic E-state index is -0.578. The first kappa shape index (κ1) is 22.1. The molecule has 0 aliphatic carbocycles. The number of benzene rings is 1. The quantitative estimate of drug-likeness (QED) is 0.533. The molecule has 2 N–H and O–H groups in total. The van der Waals surface area contributed by atoms with Gasteiger partial charge in [-0.15, -0.1) is 0 Å². The third-order valence-electron chi connectivity index (χ3n) is 5.05. The van der Waals surface area contributed by atoms with Crippen molar-refractivity contribution in [2.24, 2.45) is 0 Å². The van der Waals surface area contributed by atoms with Gasteiger partial charge in [0.05, 0.1) is 32.6 Å². The van der Waals surface area contributed by atoms with Crippen molar-refractivity contribution < 1.29 is 19.1 Å². The van der Waals surface area contributed by atoms with Crippen molar-refractivity contribution in [1.29, 1.82) is 0 Å². The van der Waals surface area contributed by atoms with E-state index in [1.807, 2.05) is 13.0 Å². The number of ether oxygens (including phenoxy) is 2. The molecule has 3 rings (SSSR count). The van der Waals surface area contributed by atoms with Gasteiger partial charge in [-0.1, -0.05) is 12.1 Å². The molecule has 0 bridgehead atoms. The summed E-state index contributed by atoms with van der Waals surface area (Å²) in [5.41, 5.74) is 3.07. The first-order chi connectivity index (χ1) is 14.8. The normalized spacial score (nSPS) is 11.9. The minimum absolute atomic E-state index is 0.00703. The lowest BCUT2D eigenvalue weighted by Gasteiger charge is -2.20. The molecular weight excluding hydrogens is 400 g/mol. The van der Waals surface area contributed by atoms with Gasteiger partial charge in [0.2, 0.25) is 5.91 Å². The highest BCUT2D eigenvalue weighted by Gasteiger charge is 2.21. The van der Waals surface area contributed by atoms with Crippen LogP contribution in [-0.2, 0) is 20.7 Å². The van der Waals surface area contributed by atoms with Crippen LogP contribution in [0, 0.1) is 13.8 Å². The Labute approximate surface area is 179 Å². The van der Waals surface area contributed by atoms with Crippen LogP contribution in [0.2, 0.25) is 0 Å². The molecule has 2 aromatic heterocycles. The molecule has 9 heteroatoms. The fourth-order valence-corrected chi connectivity index (χ4v) is 3.51. The Kier molecular flexibility index (Phi) is 6.74. The van der Waals surface area contributed by atoms with E-state index in [0.29, 0.717) is 22.7 Å². The van der Waals surface area contributed by atoms with Gasteiger partial charge in [0, 0.05) is 23.0 Å². The van der Waals surface area contributed by atoms with Crippen molar-refractivity contribution in [3.05, 3.63) is 63.2 Å². The summed E-state index contributed by atoms with van der Waals surface area (Å²) in [6.07, 6.45) is 0.0387. The number of carbonyl (C=O) groups is 2. The third kappa shape index (κ3) is 5.11. The van der Waals surface area contributed by atoms with Gasteiger partial charge in [-0.25, -0.2) is 9.50 Å². The third-order valence-corrected chi connectivity index (χ3v) is 5.05. The van der Waals surface area contributed by atoms with Crippen molar-refractivity contribution in [3.63, 3.8) is 0 Å². The van der Waals surface area contributed by atoms with E-state index < -0.39 is 12.0 Å². The molecule has 2 heterocycles. The number of hydrogen-bond donors (Lipinski definition) is 2. The molecule has 0 spiro atoms. The van der Waals surface area contributed by atoms with Crippen LogP contribution in [0.25, 0.3) is 5.65 Å². The summed E-state index contributed by atoms with van der Waals surface area (Å²) >= 11 is 0. The second kappa shape index (κ2) is 9.46. The lowest BCUT2D eigenvalue weighted by Crippen LogP contribution is -2.32. The zero-order valence-electron chi connectivity index (χ0n) is 18.0. The molecule has 0 radical (unpaired) electrons. The Morgan fingerprint density at radius 2 is 2.03 bits per heavy atom. The van der Waals surface area contributed by atoms with Crippen LogP contribution in [0.4, 0.5) is 0 Å². The van der Waals surface area contributed by atoms with Crippen molar-refractivity contribution in [2.45, 2.75) is 39.7 Å². The zero-order chi connectivity index (χ0) is 22.5. The molecule has 1 atom stereocenters. The van der Waals surface area contributed by atoms with Gasteiger partial charge in [-0.2, -0.15) is 0 Å². The summed E-state index contributed by atoms with van der Waals surface area (Å²) in [5.74, 6) is -0.0616. The standard InChI is InChI=1S/C22H26N4O5/c1-5-31-22(29)11-18(15-7-6-8-16(9-15)30-4)24-20(27)10-17-13(2)23-19-12-21(28)25-26(19)14(17)3/h6-9,12,18H,5,10-11H2,1-4H3,(H,24,27)(H,25,28). The highest BCUT2D eigenvalue weighted by molar-refractivity contribution is 5.80. The van der Waals surface area contributed by atoms with Crippen molar-refractivity contribution >= 4 is 17.5 Å². The van der Waals surface area contributed by atoms with E-state index in [1.54, 1.807) is 43.7 Å². The van der Waals surface area contributed by atoms with E-state index in [1.165, 1.54) is 6.07 Å². The van der Waals surface area contributed by atoms with E-state index in [4.69, 9.17) is 9.47 Å².